The molecule has 0 bridgehead atoms. The van der Waals surface area contributed by atoms with Crippen molar-refractivity contribution in [1.29, 1.82) is 0 Å². The Kier molecular flexibility index (Phi) is 5.07. The summed E-state index contributed by atoms with van der Waals surface area (Å²) in [5, 5.41) is 43.7. The Labute approximate surface area is 144 Å². The molecule has 0 amide bonds. The Bertz CT molecular complexity index is 929. The van der Waals surface area contributed by atoms with E-state index in [0.29, 0.717) is 0 Å². The lowest BCUT2D eigenvalue weighted by molar-refractivity contribution is 0.0633. The van der Waals surface area contributed by atoms with Crippen LogP contribution in [-0.2, 0) is 0 Å². The highest BCUT2D eigenvalue weighted by atomic mass is 16.4. The molecule has 0 saturated carbocycles. The van der Waals surface area contributed by atoms with Crippen molar-refractivity contribution >= 4 is 35.3 Å². The molecule has 0 aliphatic carbocycles. The van der Waals surface area contributed by atoms with Gasteiger partial charge in [0.25, 0.3) is 0 Å². The highest BCUT2D eigenvalue weighted by molar-refractivity contribution is 6.09. The third-order valence-electron chi connectivity index (χ3n) is 3.17. The van der Waals surface area contributed by atoms with Crippen LogP contribution in [0.3, 0.4) is 0 Å². The van der Waals surface area contributed by atoms with Crippen LogP contribution < -0.4 is 0 Å². The van der Waals surface area contributed by atoms with Crippen LogP contribution in [0.15, 0.2) is 46.6 Å². The van der Waals surface area contributed by atoms with Gasteiger partial charge in [-0.05, 0) is 30.3 Å². The molecule has 10 nitrogen and oxygen atoms in total. The van der Waals surface area contributed by atoms with Gasteiger partial charge in [0.15, 0.2) is 0 Å². The van der Waals surface area contributed by atoms with E-state index in [-0.39, 0.29) is 16.9 Å². The van der Waals surface area contributed by atoms with E-state index in [9.17, 15) is 19.2 Å². The summed E-state index contributed by atoms with van der Waals surface area (Å²) in [7, 11) is 0. The predicted molar refractivity (Wildman–Crippen MR) is 84.9 cm³/mol. The van der Waals surface area contributed by atoms with Crippen LogP contribution in [0, 0.1) is 0 Å². The maximum atomic E-state index is 11.3. The van der Waals surface area contributed by atoms with E-state index >= 15 is 0 Å². The SMILES string of the molecule is O=C(O)c1cccc(N=Nc2cc(C(=O)O)c(C(=O)O)c(C(=O)O)c2)c1. The molecule has 0 saturated heterocycles. The Morgan fingerprint density at radius 3 is 1.65 bits per heavy atom. The van der Waals surface area contributed by atoms with Crippen molar-refractivity contribution in [3.63, 3.8) is 0 Å². The Hall–Kier alpha value is -4.08. The molecule has 0 radical (unpaired) electrons. The number of benzene rings is 2. The van der Waals surface area contributed by atoms with Gasteiger partial charge in [0.2, 0.25) is 0 Å². The zero-order valence-corrected chi connectivity index (χ0v) is 12.8. The second-order valence-electron chi connectivity index (χ2n) is 4.89. The number of hydrogen-bond donors (Lipinski definition) is 4. The fourth-order valence-electron chi connectivity index (χ4n) is 2.07. The molecule has 26 heavy (non-hydrogen) atoms. The summed E-state index contributed by atoms with van der Waals surface area (Å²) >= 11 is 0. The zero-order valence-electron chi connectivity index (χ0n) is 12.8. The van der Waals surface area contributed by atoms with E-state index in [0.717, 1.165) is 12.1 Å². The molecule has 4 N–H and O–H groups in total. The van der Waals surface area contributed by atoms with Gasteiger partial charge in [-0.15, -0.1) is 0 Å². The molecule has 10 heteroatoms. The van der Waals surface area contributed by atoms with Crippen molar-refractivity contribution < 1.29 is 39.6 Å². The molecule has 0 unspecified atom stereocenters. The Balaban J connectivity index is 2.55. The topological polar surface area (TPSA) is 174 Å². The van der Waals surface area contributed by atoms with Crippen molar-refractivity contribution in [3.8, 4) is 0 Å². The molecule has 0 aliphatic rings. The molecule has 0 aromatic heterocycles. The van der Waals surface area contributed by atoms with Crippen LogP contribution in [0.2, 0.25) is 0 Å². The normalized spacial score (nSPS) is 10.6. The summed E-state index contributed by atoms with van der Waals surface area (Å²) in [6.45, 7) is 0. The smallest absolute Gasteiger partial charge is 0.337 e. The number of azo groups is 1. The third-order valence-corrected chi connectivity index (χ3v) is 3.17. The standard InChI is InChI=1S/C16H10N2O8/c19-13(20)7-2-1-3-8(4-7)17-18-9-5-10(14(21)22)12(16(25)26)11(6-9)15(23)24/h1-6H,(H,19,20)(H,21,22)(H,23,24)(H,25,26). The average molecular weight is 358 g/mol. The quantitative estimate of drug-likeness (QED) is 0.570. The lowest BCUT2D eigenvalue weighted by atomic mass is 10.00. The van der Waals surface area contributed by atoms with Crippen LogP contribution in [0.4, 0.5) is 11.4 Å². The van der Waals surface area contributed by atoms with E-state index in [1.165, 1.54) is 24.3 Å². The van der Waals surface area contributed by atoms with E-state index in [4.69, 9.17) is 20.4 Å². The second-order valence-corrected chi connectivity index (χ2v) is 4.89. The maximum absolute atomic E-state index is 11.3. The minimum absolute atomic E-state index is 0.0554. The second kappa shape index (κ2) is 7.21. The molecule has 2 aromatic rings. The molecule has 132 valence electrons. The molecule has 2 aromatic carbocycles. The first kappa shape index (κ1) is 18.3. The van der Waals surface area contributed by atoms with Gasteiger partial charge in [0.1, 0.15) is 0 Å². The first-order valence-electron chi connectivity index (χ1n) is 6.83. The van der Waals surface area contributed by atoms with Crippen LogP contribution in [0.1, 0.15) is 41.4 Å². The first-order chi connectivity index (χ1) is 12.2. The Morgan fingerprint density at radius 1 is 0.654 bits per heavy atom. The lowest BCUT2D eigenvalue weighted by Crippen LogP contribution is -2.14. The highest BCUT2D eigenvalue weighted by Gasteiger charge is 2.25. The highest BCUT2D eigenvalue weighted by Crippen LogP contribution is 2.26. The van der Waals surface area contributed by atoms with Gasteiger partial charge >= 0.3 is 23.9 Å². The molecule has 2 rings (SSSR count). The van der Waals surface area contributed by atoms with E-state index in [1.807, 2.05) is 0 Å². The van der Waals surface area contributed by atoms with E-state index in [2.05, 4.69) is 10.2 Å². The van der Waals surface area contributed by atoms with Crippen LogP contribution in [-0.4, -0.2) is 44.3 Å². The number of carboxylic acids is 4. The Morgan fingerprint density at radius 2 is 1.19 bits per heavy atom. The van der Waals surface area contributed by atoms with Crippen LogP contribution in [0.25, 0.3) is 0 Å². The van der Waals surface area contributed by atoms with Gasteiger partial charge in [-0.2, -0.15) is 10.2 Å². The van der Waals surface area contributed by atoms with Gasteiger partial charge in [-0.25, -0.2) is 19.2 Å². The summed E-state index contributed by atoms with van der Waals surface area (Å²) in [4.78, 5) is 44.6. The van der Waals surface area contributed by atoms with Gasteiger partial charge in [0.05, 0.1) is 33.6 Å². The third kappa shape index (κ3) is 3.87. The van der Waals surface area contributed by atoms with Crippen LogP contribution in [0.5, 0.6) is 0 Å². The minimum Gasteiger partial charge on any atom is -0.478 e. The van der Waals surface area contributed by atoms with Gasteiger partial charge in [-0.1, -0.05) is 6.07 Å². The van der Waals surface area contributed by atoms with Crippen molar-refractivity contribution in [3.05, 3.63) is 58.7 Å². The zero-order chi connectivity index (χ0) is 19.4. The summed E-state index contributed by atoms with van der Waals surface area (Å²) in [6.07, 6.45) is 0. The van der Waals surface area contributed by atoms with E-state index < -0.39 is 40.6 Å². The summed E-state index contributed by atoms with van der Waals surface area (Å²) in [5.41, 5.74) is -2.54. The number of nitrogens with zero attached hydrogens (tertiary/aromatic N) is 2. The van der Waals surface area contributed by atoms with Gasteiger partial charge in [0, 0.05) is 0 Å². The monoisotopic (exact) mass is 358 g/mol. The lowest BCUT2D eigenvalue weighted by Gasteiger charge is -2.07. The van der Waals surface area contributed by atoms with Crippen molar-refractivity contribution in [2.75, 3.05) is 0 Å². The predicted octanol–water partition coefficient (Wildman–Crippen LogP) is 2.89. The van der Waals surface area contributed by atoms with Crippen LogP contribution >= 0.6 is 0 Å². The number of carboxylic acid groups (broad SMARTS) is 4. The molecule has 0 heterocycles. The number of hydrogen-bond acceptors (Lipinski definition) is 6. The number of rotatable bonds is 6. The molecule has 0 spiro atoms. The first-order valence-corrected chi connectivity index (χ1v) is 6.83. The maximum Gasteiger partial charge on any atom is 0.337 e. The van der Waals surface area contributed by atoms with Gasteiger partial charge < -0.3 is 20.4 Å². The van der Waals surface area contributed by atoms with Crippen molar-refractivity contribution in [2.24, 2.45) is 10.2 Å². The summed E-state index contributed by atoms with van der Waals surface area (Å²) in [6, 6.07) is 7.10. The number of aromatic carboxylic acids is 4. The molecular weight excluding hydrogens is 348 g/mol. The number of carbonyl (C=O) groups is 4. The fourth-order valence-corrected chi connectivity index (χ4v) is 2.07. The fraction of sp³-hybridized carbons (Fsp3) is 0. The average Bonchev–Trinajstić information content (AvgIpc) is 2.58. The summed E-state index contributed by atoms with van der Waals surface area (Å²) < 4.78 is 0. The largest absolute Gasteiger partial charge is 0.478 e. The molecule has 0 aliphatic heterocycles. The molecule has 0 fully saturated rings. The summed E-state index contributed by atoms with van der Waals surface area (Å²) in [5.74, 6) is -6.18. The van der Waals surface area contributed by atoms with Gasteiger partial charge in [-0.3, -0.25) is 0 Å². The van der Waals surface area contributed by atoms with Crippen molar-refractivity contribution in [1.82, 2.24) is 0 Å². The molecule has 0 atom stereocenters. The van der Waals surface area contributed by atoms with E-state index in [1.54, 1.807) is 0 Å². The van der Waals surface area contributed by atoms with Crippen molar-refractivity contribution in [2.45, 2.75) is 0 Å². The minimum atomic E-state index is -1.71. The molecular formula is C16H10N2O8.